The lowest BCUT2D eigenvalue weighted by Crippen LogP contribution is -2.33. The number of nitrogens with one attached hydrogen (secondary N) is 1. The average molecular weight is 280 g/mol. The number of pyridine rings is 1. The van der Waals surface area contributed by atoms with Crippen LogP contribution in [0.4, 0.5) is 0 Å². The van der Waals surface area contributed by atoms with Gasteiger partial charge in [0.05, 0.1) is 11.8 Å². The van der Waals surface area contributed by atoms with Crippen molar-refractivity contribution < 1.29 is 5.11 Å². The fourth-order valence-corrected chi connectivity index (χ4v) is 2.12. The Kier molecular flexibility index (Phi) is 3.82. The number of H-pyrrole nitrogens is 1. The highest BCUT2D eigenvalue weighted by atomic mass is 32.2. The molecule has 2 N–H and O–H groups in total. The molecule has 7 nitrogen and oxygen atoms in total. The number of hydrogen-bond acceptors (Lipinski definition) is 6. The number of aromatic nitrogens is 4. The molecule has 0 aliphatic carbocycles. The van der Waals surface area contributed by atoms with E-state index in [2.05, 4.69) is 15.1 Å². The third-order valence-corrected chi connectivity index (χ3v) is 3.37. The summed E-state index contributed by atoms with van der Waals surface area (Å²) < 4.78 is 1.37. The van der Waals surface area contributed by atoms with Crippen LogP contribution in [-0.2, 0) is 7.05 Å². The summed E-state index contributed by atoms with van der Waals surface area (Å²) in [6.07, 6.45) is 0.943. The Morgan fingerprint density at radius 2 is 2.16 bits per heavy atom. The molecule has 0 aromatic carbocycles. The maximum atomic E-state index is 11.2. The largest absolute Gasteiger partial charge is 0.387 e. The summed E-state index contributed by atoms with van der Waals surface area (Å²) in [5, 5.41) is 12.1. The van der Waals surface area contributed by atoms with Crippen LogP contribution in [0.2, 0.25) is 0 Å². The Labute approximate surface area is 112 Å². The van der Waals surface area contributed by atoms with E-state index in [4.69, 9.17) is 0 Å². The van der Waals surface area contributed by atoms with Crippen molar-refractivity contribution in [3.63, 3.8) is 0 Å². The number of rotatable bonds is 3. The molecule has 2 aromatic heterocycles. The molecule has 19 heavy (non-hydrogen) atoms. The molecule has 0 saturated heterocycles. The van der Waals surface area contributed by atoms with E-state index >= 15 is 0 Å². The highest BCUT2D eigenvalue weighted by molar-refractivity contribution is 7.99. The van der Waals surface area contributed by atoms with Crippen molar-refractivity contribution in [3.8, 4) is 0 Å². The second-order valence-corrected chi connectivity index (χ2v) is 4.94. The molecule has 0 unspecified atom stereocenters. The Balaban J connectivity index is 2.29. The van der Waals surface area contributed by atoms with Gasteiger partial charge in [0, 0.05) is 18.1 Å². The quantitative estimate of drug-likeness (QED) is 0.771. The standard InChI is InChI=1S/C11H12N4O3S/c1-6(16)8-4-3-7(5-12-8)19-11-13-9(17)10(18)14-15(11)2/h3-6,16H,1-2H3,(H,14,18)/t6-/m1/s1. The van der Waals surface area contributed by atoms with Crippen LogP contribution < -0.4 is 11.1 Å². The van der Waals surface area contributed by atoms with Gasteiger partial charge in [-0.15, -0.1) is 0 Å². The van der Waals surface area contributed by atoms with Crippen molar-refractivity contribution in [2.24, 2.45) is 7.05 Å². The molecule has 0 radical (unpaired) electrons. The lowest BCUT2D eigenvalue weighted by atomic mass is 10.2. The predicted molar refractivity (Wildman–Crippen MR) is 69.1 cm³/mol. The molecule has 0 saturated carbocycles. The van der Waals surface area contributed by atoms with Gasteiger partial charge in [-0.1, -0.05) is 0 Å². The van der Waals surface area contributed by atoms with Crippen LogP contribution in [0.25, 0.3) is 0 Å². The van der Waals surface area contributed by atoms with Gasteiger partial charge in [-0.2, -0.15) is 4.98 Å². The molecule has 0 fully saturated rings. The van der Waals surface area contributed by atoms with E-state index in [1.165, 1.54) is 16.4 Å². The zero-order valence-electron chi connectivity index (χ0n) is 10.3. The lowest BCUT2D eigenvalue weighted by Gasteiger charge is -2.07. The minimum absolute atomic E-state index is 0.358. The smallest absolute Gasteiger partial charge is 0.339 e. The molecule has 2 rings (SSSR count). The normalized spacial score (nSPS) is 12.4. The van der Waals surface area contributed by atoms with Gasteiger partial charge >= 0.3 is 11.1 Å². The number of aliphatic hydroxyl groups excluding tert-OH is 1. The van der Waals surface area contributed by atoms with Crippen molar-refractivity contribution in [3.05, 3.63) is 44.7 Å². The minimum atomic E-state index is -0.825. The fourth-order valence-electron chi connectivity index (χ4n) is 1.36. The molecule has 1 atom stereocenters. The summed E-state index contributed by atoms with van der Waals surface area (Å²) >= 11 is 1.20. The van der Waals surface area contributed by atoms with Crippen LogP contribution in [0.3, 0.4) is 0 Å². The van der Waals surface area contributed by atoms with Gasteiger partial charge in [0.1, 0.15) is 0 Å². The van der Waals surface area contributed by atoms with E-state index in [9.17, 15) is 14.7 Å². The van der Waals surface area contributed by atoms with Gasteiger partial charge in [0.2, 0.25) is 0 Å². The van der Waals surface area contributed by atoms with E-state index < -0.39 is 17.2 Å². The van der Waals surface area contributed by atoms with E-state index in [0.29, 0.717) is 10.9 Å². The van der Waals surface area contributed by atoms with E-state index in [1.807, 2.05) is 0 Å². The molecule has 0 aliphatic rings. The number of hydrogen-bond donors (Lipinski definition) is 2. The molecular weight excluding hydrogens is 268 g/mol. The number of aryl methyl sites for hydroxylation is 1. The maximum Gasteiger partial charge on any atom is 0.339 e. The van der Waals surface area contributed by atoms with Crippen molar-refractivity contribution >= 4 is 11.8 Å². The summed E-state index contributed by atoms with van der Waals surface area (Å²) in [5.74, 6) is 0. The molecule has 8 heteroatoms. The van der Waals surface area contributed by atoms with Gasteiger partial charge in [-0.3, -0.25) is 24.4 Å². The van der Waals surface area contributed by atoms with Gasteiger partial charge < -0.3 is 5.11 Å². The Bertz CT molecular complexity index is 690. The van der Waals surface area contributed by atoms with Gasteiger partial charge in [0.15, 0.2) is 5.16 Å². The molecule has 2 heterocycles. The molecular formula is C11H12N4O3S. The molecule has 0 spiro atoms. The molecule has 0 aliphatic heterocycles. The van der Waals surface area contributed by atoms with E-state index in [1.54, 1.807) is 32.3 Å². The Morgan fingerprint density at radius 3 is 2.74 bits per heavy atom. The monoisotopic (exact) mass is 280 g/mol. The third-order valence-electron chi connectivity index (χ3n) is 2.34. The summed E-state index contributed by atoms with van der Waals surface area (Å²) in [6.45, 7) is 1.63. The Hall–Kier alpha value is -1.93. The topological polar surface area (TPSA) is 101 Å². The molecule has 100 valence electrons. The second-order valence-electron chi connectivity index (χ2n) is 3.90. The highest BCUT2D eigenvalue weighted by Gasteiger charge is 2.07. The SMILES string of the molecule is C[C@@H](O)c1ccc(Sc2nc(=O)c(=O)[nH]n2C)cn1. The van der Waals surface area contributed by atoms with Gasteiger partial charge in [-0.05, 0) is 30.8 Å². The zero-order valence-corrected chi connectivity index (χ0v) is 11.1. The van der Waals surface area contributed by atoms with Gasteiger partial charge in [0.25, 0.3) is 0 Å². The van der Waals surface area contributed by atoms with Crippen LogP contribution in [-0.4, -0.2) is 24.9 Å². The Morgan fingerprint density at radius 1 is 1.42 bits per heavy atom. The lowest BCUT2D eigenvalue weighted by molar-refractivity contribution is 0.194. The van der Waals surface area contributed by atoms with Crippen molar-refractivity contribution in [1.29, 1.82) is 0 Å². The van der Waals surface area contributed by atoms with E-state index in [0.717, 1.165) is 4.90 Å². The third kappa shape index (κ3) is 3.09. The van der Waals surface area contributed by atoms with Crippen LogP contribution in [0.15, 0.2) is 38.0 Å². The molecule has 2 aromatic rings. The van der Waals surface area contributed by atoms with Gasteiger partial charge in [-0.25, -0.2) is 0 Å². The van der Waals surface area contributed by atoms with Crippen LogP contribution in [0.1, 0.15) is 18.7 Å². The number of aliphatic hydroxyl groups is 1. The maximum absolute atomic E-state index is 11.2. The average Bonchev–Trinajstić information content (AvgIpc) is 2.36. The summed E-state index contributed by atoms with van der Waals surface area (Å²) in [7, 11) is 1.59. The first kappa shape index (κ1) is 13.5. The minimum Gasteiger partial charge on any atom is -0.387 e. The van der Waals surface area contributed by atoms with Crippen LogP contribution in [0.5, 0.6) is 0 Å². The first-order chi connectivity index (χ1) is 8.97. The summed E-state index contributed by atoms with van der Waals surface area (Å²) in [5.41, 5.74) is -1.02. The first-order valence-electron chi connectivity index (χ1n) is 5.46. The van der Waals surface area contributed by atoms with E-state index in [-0.39, 0.29) is 0 Å². The zero-order chi connectivity index (χ0) is 14.0. The second kappa shape index (κ2) is 5.37. The molecule has 0 amide bonds. The van der Waals surface area contributed by atoms with Crippen molar-refractivity contribution in [1.82, 2.24) is 19.7 Å². The van der Waals surface area contributed by atoms with Crippen LogP contribution >= 0.6 is 11.8 Å². The number of nitrogens with zero attached hydrogens (tertiary/aromatic N) is 3. The van der Waals surface area contributed by atoms with Crippen LogP contribution in [0, 0.1) is 0 Å². The predicted octanol–water partition coefficient (Wildman–Crippen LogP) is 0.0681. The van der Waals surface area contributed by atoms with Crippen molar-refractivity contribution in [2.75, 3.05) is 0 Å². The summed E-state index contributed by atoms with van der Waals surface area (Å²) in [4.78, 5) is 30.8. The number of aromatic amines is 1. The summed E-state index contributed by atoms with van der Waals surface area (Å²) in [6, 6.07) is 3.45. The first-order valence-corrected chi connectivity index (χ1v) is 6.28. The highest BCUT2D eigenvalue weighted by Crippen LogP contribution is 2.24. The molecule has 0 bridgehead atoms. The fraction of sp³-hybridized carbons (Fsp3) is 0.273. The van der Waals surface area contributed by atoms with Crippen molar-refractivity contribution in [2.45, 2.75) is 23.1 Å².